The number of hydrogen-bond donors (Lipinski definition) is 1. The Morgan fingerprint density at radius 2 is 1.95 bits per heavy atom. The molecule has 2 unspecified atom stereocenters. The molecule has 0 saturated heterocycles. The number of nitriles is 1. The Morgan fingerprint density at radius 3 is 2.37 bits per heavy atom. The fourth-order valence-corrected chi connectivity index (χ4v) is 2.57. The van der Waals surface area contributed by atoms with Crippen LogP contribution in [0.4, 0.5) is 0 Å². The van der Waals surface area contributed by atoms with Gasteiger partial charge in [0.05, 0.1) is 17.6 Å². The number of allylic oxidation sites excluding steroid dienone is 2. The second kappa shape index (κ2) is 4.55. The van der Waals surface area contributed by atoms with E-state index in [0.29, 0.717) is 5.57 Å². The maximum absolute atomic E-state index is 11.1. The number of aryl methyl sites for hydroxylation is 1. The third-order valence-electron chi connectivity index (χ3n) is 4.01. The predicted molar refractivity (Wildman–Crippen MR) is 73.2 cm³/mol. The van der Waals surface area contributed by atoms with Crippen LogP contribution in [-0.2, 0) is 4.79 Å². The van der Waals surface area contributed by atoms with Crippen molar-refractivity contribution in [3.63, 3.8) is 0 Å². The van der Waals surface area contributed by atoms with E-state index < -0.39 is 5.97 Å². The molecule has 98 valence electrons. The second-order valence-corrected chi connectivity index (χ2v) is 5.72. The highest BCUT2D eigenvalue weighted by Crippen LogP contribution is 2.59. The normalized spacial score (nSPS) is 24.6. The third-order valence-corrected chi connectivity index (χ3v) is 4.01. The van der Waals surface area contributed by atoms with Gasteiger partial charge >= 0.3 is 5.97 Å². The van der Waals surface area contributed by atoms with Crippen LogP contribution in [0.2, 0.25) is 0 Å². The first-order valence-corrected chi connectivity index (χ1v) is 6.29. The Morgan fingerprint density at radius 1 is 1.37 bits per heavy atom. The molecular formula is C16H17NO2. The van der Waals surface area contributed by atoms with Gasteiger partial charge in [-0.2, -0.15) is 5.26 Å². The van der Waals surface area contributed by atoms with Crippen molar-refractivity contribution in [1.29, 1.82) is 5.26 Å². The van der Waals surface area contributed by atoms with Crippen LogP contribution in [0.25, 0.3) is 5.57 Å². The van der Waals surface area contributed by atoms with Gasteiger partial charge in [-0.3, -0.25) is 4.79 Å². The average Bonchev–Trinajstić information content (AvgIpc) is 2.89. The van der Waals surface area contributed by atoms with E-state index in [1.165, 1.54) is 0 Å². The van der Waals surface area contributed by atoms with Gasteiger partial charge in [0.15, 0.2) is 0 Å². The fourth-order valence-electron chi connectivity index (χ4n) is 2.57. The molecule has 19 heavy (non-hydrogen) atoms. The van der Waals surface area contributed by atoms with Gasteiger partial charge in [-0.25, -0.2) is 0 Å². The number of carboxylic acid groups (broad SMARTS) is 1. The lowest BCUT2D eigenvalue weighted by molar-refractivity contribution is -0.139. The molecule has 3 nitrogen and oxygen atoms in total. The van der Waals surface area contributed by atoms with Gasteiger partial charge in [-0.05, 0) is 23.8 Å². The van der Waals surface area contributed by atoms with Crippen LogP contribution < -0.4 is 0 Å². The first-order valence-electron chi connectivity index (χ1n) is 6.29. The van der Waals surface area contributed by atoms with Crippen LogP contribution in [0.1, 0.15) is 25.0 Å². The summed E-state index contributed by atoms with van der Waals surface area (Å²) in [6, 6.07) is 9.87. The smallest absolute Gasteiger partial charge is 0.307 e. The number of benzene rings is 1. The van der Waals surface area contributed by atoms with Gasteiger partial charge in [0.2, 0.25) is 0 Å². The van der Waals surface area contributed by atoms with Gasteiger partial charge in [0, 0.05) is 0 Å². The van der Waals surface area contributed by atoms with Crippen LogP contribution in [0.3, 0.4) is 0 Å². The van der Waals surface area contributed by atoms with E-state index >= 15 is 0 Å². The van der Waals surface area contributed by atoms with Gasteiger partial charge in [0.25, 0.3) is 0 Å². The Hall–Kier alpha value is -2.08. The summed E-state index contributed by atoms with van der Waals surface area (Å²) >= 11 is 0. The van der Waals surface area contributed by atoms with E-state index in [-0.39, 0.29) is 17.3 Å². The zero-order valence-corrected chi connectivity index (χ0v) is 11.3. The van der Waals surface area contributed by atoms with Crippen molar-refractivity contribution in [2.75, 3.05) is 0 Å². The number of carboxylic acids is 1. The molecule has 0 bridgehead atoms. The van der Waals surface area contributed by atoms with Crippen molar-refractivity contribution in [2.24, 2.45) is 17.3 Å². The molecule has 1 aromatic carbocycles. The van der Waals surface area contributed by atoms with Gasteiger partial charge in [-0.1, -0.05) is 49.8 Å². The average molecular weight is 255 g/mol. The van der Waals surface area contributed by atoms with Gasteiger partial charge in [0.1, 0.15) is 0 Å². The van der Waals surface area contributed by atoms with Crippen molar-refractivity contribution in [3.8, 4) is 6.07 Å². The standard InChI is InChI=1S/C16H17NO2/c1-10-4-6-11(7-5-10)12(9-17)8-13-14(15(18)19)16(13,2)3/h4-8,13-14H,1-3H3,(H,18,19). The number of carbonyl (C=O) groups is 1. The van der Waals surface area contributed by atoms with Crippen LogP contribution in [-0.4, -0.2) is 11.1 Å². The topological polar surface area (TPSA) is 61.1 Å². The van der Waals surface area contributed by atoms with Crippen LogP contribution in [0.15, 0.2) is 30.3 Å². The monoisotopic (exact) mass is 255 g/mol. The summed E-state index contributed by atoms with van der Waals surface area (Å²) in [6.07, 6.45) is 1.81. The molecule has 2 rings (SSSR count). The SMILES string of the molecule is Cc1ccc(C(C#N)=CC2C(C(=O)O)C2(C)C)cc1. The zero-order valence-electron chi connectivity index (χ0n) is 11.3. The molecule has 1 aliphatic carbocycles. The predicted octanol–water partition coefficient (Wildman–Crippen LogP) is 3.26. The summed E-state index contributed by atoms with van der Waals surface area (Å²) in [4.78, 5) is 11.1. The summed E-state index contributed by atoms with van der Waals surface area (Å²) in [7, 11) is 0. The lowest BCUT2D eigenvalue weighted by Crippen LogP contribution is -2.03. The van der Waals surface area contributed by atoms with E-state index in [9.17, 15) is 10.1 Å². The summed E-state index contributed by atoms with van der Waals surface area (Å²) in [5.74, 6) is -1.24. The second-order valence-electron chi connectivity index (χ2n) is 5.72. The first-order chi connectivity index (χ1) is 8.87. The Kier molecular flexibility index (Phi) is 3.20. The zero-order chi connectivity index (χ0) is 14.2. The van der Waals surface area contributed by atoms with Crippen LogP contribution >= 0.6 is 0 Å². The molecule has 0 aliphatic heterocycles. The number of aliphatic carboxylic acids is 1. The lowest BCUT2D eigenvalue weighted by atomic mass is 10.0. The largest absolute Gasteiger partial charge is 0.481 e. The van der Waals surface area contributed by atoms with E-state index in [1.54, 1.807) is 0 Å². The molecule has 0 amide bonds. The molecule has 1 aliphatic rings. The summed E-state index contributed by atoms with van der Waals surface area (Å²) in [5.41, 5.74) is 2.27. The molecule has 1 fully saturated rings. The number of hydrogen-bond acceptors (Lipinski definition) is 2. The molecule has 3 heteroatoms. The molecule has 0 heterocycles. The summed E-state index contributed by atoms with van der Waals surface area (Å²) in [5, 5.41) is 18.4. The minimum atomic E-state index is -0.785. The van der Waals surface area contributed by atoms with E-state index in [2.05, 4.69) is 6.07 Å². The highest BCUT2D eigenvalue weighted by atomic mass is 16.4. The molecule has 1 aromatic rings. The van der Waals surface area contributed by atoms with Crippen LogP contribution in [0.5, 0.6) is 0 Å². The maximum Gasteiger partial charge on any atom is 0.307 e. The molecule has 1 N–H and O–H groups in total. The van der Waals surface area contributed by atoms with Crippen molar-refractivity contribution in [3.05, 3.63) is 41.5 Å². The van der Waals surface area contributed by atoms with Gasteiger partial charge in [-0.15, -0.1) is 0 Å². The van der Waals surface area contributed by atoms with Crippen molar-refractivity contribution in [2.45, 2.75) is 20.8 Å². The Balaban J connectivity index is 2.29. The van der Waals surface area contributed by atoms with E-state index in [4.69, 9.17) is 5.11 Å². The highest BCUT2D eigenvalue weighted by molar-refractivity contribution is 5.81. The Labute approximate surface area is 113 Å². The molecule has 2 atom stereocenters. The van der Waals surface area contributed by atoms with Gasteiger partial charge < -0.3 is 5.11 Å². The number of rotatable bonds is 3. The number of nitrogens with zero attached hydrogens (tertiary/aromatic N) is 1. The van der Waals surface area contributed by atoms with E-state index in [0.717, 1.165) is 11.1 Å². The molecule has 0 aromatic heterocycles. The minimum Gasteiger partial charge on any atom is -0.481 e. The summed E-state index contributed by atoms with van der Waals surface area (Å²) in [6.45, 7) is 5.85. The van der Waals surface area contributed by atoms with E-state index in [1.807, 2.05) is 51.1 Å². The molecule has 0 spiro atoms. The molecular weight excluding hydrogens is 238 g/mol. The minimum absolute atomic E-state index is 0.0686. The fraction of sp³-hybridized carbons (Fsp3) is 0.375. The van der Waals surface area contributed by atoms with Crippen molar-refractivity contribution >= 4 is 11.5 Å². The van der Waals surface area contributed by atoms with Crippen molar-refractivity contribution in [1.82, 2.24) is 0 Å². The Bertz CT molecular complexity index is 576. The maximum atomic E-state index is 11.1. The quantitative estimate of drug-likeness (QED) is 0.843. The molecule has 1 saturated carbocycles. The molecule has 0 radical (unpaired) electrons. The lowest BCUT2D eigenvalue weighted by Gasteiger charge is -2.01. The summed E-state index contributed by atoms with van der Waals surface area (Å²) < 4.78 is 0. The first kappa shape index (κ1) is 13.4. The van der Waals surface area contributed by atoms with Crippen LogP contribution in [0, 0.1) is 35.5 Å². The van der Waals surface area contributed by atoms with Crippen molar-refractivity contribution < 1.29 is 9.90 Å². The highest BCUT2D eigenvalue weighted by Gasteiger charge is 2.61. The third kappa shape index (κ3) is 2.39.